The molecule has 0 unspecified atom stereocenters. The lowest BCUT2D eigenvalue weighted by Crippen LogP contribution is -2.45. The van der Waals surface area contributed by atoms with Gasteiger partial charge in [-0.3, -0.25) is 25.1 Å². The van der Waals surface area contributed by atoms with Gasteiger partial charge in [0.05, 0.1) is 17.1 Å². The molecule has 1 aliphatic rings. The third-order valence-electron chi connectivity index (χ3n) is 4.00. The van der Waals surface area contributed by atoms with E-state index in [2.05, 4.69) is 5.43 Å². The standard InChI is InChI=1S/C17H23N3O5/c1-13(21)15-12-14(7-8-16(15)20(23)24)25-11-5-6-17(22)18-19-9-3-2-4-10-19/h7-8,12H,2-6,9-11H2,1H3,(H,18,22). The first kappa shape index (κ1) is 18.9. The average Bonchev–Trinajstić information content (AvgIpc) is 2.59. The van der Waals surface area contributed by atoms with E-state index >= 15 is 0 Å². The molecule has 1 amide bonds. The zero-order valence-corrected chi connectivity index (χ0v) is 14.3. The van der Waals surface area contributed by atoms with Gasteiger partial charge < -0.3 is 4.74 Å². The van der Waals surface area contributed by atoms with Crippen molar-refractivity contribution >= 4 is 17.4 Å². The molecule has 1 N–H and O–H groups in total. The lowest BCUT2D eigenvalue weighted by Gasteiger charge is -2.26. The normalized spacial score (nSPS) is 14.8. The van der Waals surface area contributed by atoms with Crippen molar-refractivity contribution in [1.82, 2.24) is 10.4 Å². The lowest BCUT2D eigenvalue weighted by atomic mass is 10.1. The summed E-state index contributed by atoms with van der Waals surface area (Å²) in [5, 5.41) is 12.8. The number of piperidine rings is 1. The number of ketones is 1. The maximum atomic E-state index is 11.9. The Hall–Kier alpha value is -2.48. The van der Waals surface area contributed by atoms with E-state index in [0.717, 1.165) is 25.9 Å². The zero-order chi connectivity index (χ0) is 18.2. The first-order valence-electron chi connectivity index (χ1n) is 8.44. The molecule has 1 aliphatic heterocycles. The summed E-state index contributed by atoms with van der Waals surface area (Å²) in [4.78, 5) is 33.7. The quantitative estimate of drug-likeness (QED) is 0.335. The highest BCUT2D eigenvalue weighted by molar-refractivity contribution is 5.98. The second-order valence-electron chi connectivity index (χ2n) is 6.03. The molecule has 1 saturated heterocycles. The van der Waals surface area contributed by atoms with Gasteiger partial charge in [0.25, 0.3) is 5.69 Å². The molecule has 1 aromatic carbocycles. The average molecular weight is 349 g/mol. The lowest BCUT2D eigenvalue weighted by molar-refractivity contribution is -0.385. The van der Waals surface area contributed by atoms with Crippen LogP contribution in [-0.2, 0) is 4.79 Å². The number of amides is 1. The smallest absolute Gasteiger partial charge is 0.280 e. The summed E-state index contributed by atoms with van der Waals surface area (Å²) in [5.41, 5.74) is 2.66. The fourth-order valence-electron chi connectivity index (χ4n) is 2.71. The fraction of sp³-hybridized carbons (Fsp3) is 0.529. The van der Waals surface area contributed by atoms with Crippen LogP contribution in [0.25, 0.3) is 0 Å². The number of hydrogen-bond acceptors (Lipinski definition) is 6. The highest BCUT2D eigenvalue weighted by Crippen LogP contribution is 2.24. The Bertz CT molecular complexity index is 641. The molecule has 1 fully saturated rings. The van der Waals surface area contributed by atoms with Crippen molar-refractivity contribution in [3.8, 4) is 5.75 Å². The molecule has 0 aromatic heterocycles. The van der Waals surface area contributed by atoms with Gasteiger partial charge in [-0.15, -0.1) is 0 Å². The summed E-state index contributed by atoms with van der Waals surface area (Å²) in [7, 11) is 0. The van der Waals surface area contributed by atoms with E-state index in [1.54, 1.807) is 0 Å². The van der Waals surface area contributed by atoms with Crippen molar-refractivity contribution in [2.75, 3.05) is 19.7 Å². The van der Waals surface area contributed by atoms with Crippen molar-refractivity contribution in [1.29, 1.82) is 0 Å². The monoisotopic (exact) mass is 349 g/mol. The Morgan fingerprint density at radius 2 is 2.00 bits per heavy atom. The Morgan fingerprint density at radius 3 is 2.64 bits per heavy atom. The number of nitro groups is 1. The highest BCUT2D eigenvalue weighted by atomic mass is 16.6. The van der Waals surface area contributed by atoms with Gasteiger partial charge in [-0.25, -0.2) is 5.01 Å². The number of hydrazine groups is 1. The van der Waals surface area contributed by atoms with Crippen molar-refractivity contribution in [3.05, 3.63) is 33.9 Å². The highest BCUT2D eigenvalue weighted by Gasteiger charge is 2.18. The van der Waals surface area contributed by atoms with Gasteiger partial charge in [0.15, 0.2) is 5.78 Å². The van der Waals surface area contributed by atoms with Gasteiger partial charge in [-0.1, -0.05) is 6.42 Å². The van der Waals surface area contributed by atoms with Crippen molar-refractivity contribution in [2.45, 2.75) is 39.0 Å². The molecule has 0 radical (unpaired) electrons. The summed E-state index contributed by atoms with van der Waals surface area (Å²) in [5.74, 6) is -0.0519. The third kappa shape index (κ3) is 5.82. The van der Waals surface area contributed by atoms with Crippen LogP contribution < -0.4 is 10.2 Å². The van der Waals surface area contributed by atoms with Gasteiger partial charge in [-0.2, -0.15) is 0 Å². The summed E-state index contributed by atoms with van der Waals surface area (Å²) in [6, 6.07) is 4.09. The van der Waals surface area contributed by atoms with Crippen LogP contribution in [0.2, 0.25) is 0 Å². The molecule has 1 aromatic rings. The van der Waals surface area contributed by atoms with Crippen molar-refractivity contribution in [3.63, 3.8) is 0 Å². The van der Waals surface area contributed by atoms with Gasteiger partial charge >= 0.3 is 0 Å². The van der Waals surface area contributed by atoms with E-state index in [1.165, 1.54) is 31.5 Å². The van der Waals surface area contributed by atoms with Gasteiger partial charge in [-0.05, 0) is 38.3 Å². The topological polar surface area (TPSA) is 102 Å². The van der Waals surface area contributed by atoms with Gasteiger partial charge in [0, 0.05) is 25.6 Å². The SMILES string of the molecule is CC(=O)c1cc(OCCCC(=O)NN2CCCCC2)ccc1[N+](=O)[O-]. The molecule has 25 heavy (non-hydrogen) atoms. The van der Waals surface area contributed by atoms with E-state index in [-0.39, 0.29) is 17.2 Å². The maximum Gasteiger partial charge on any atom is 0.280 e. The van der Waals surface area contributed by atoms with Crippen LogP contribution in [-0.4, -0.2) is 41.3 Å². The van der Waals surface area contributed by atoms with E-state index in [0.29, 0.717) is 25.2 Å². The van der Waals surface area contributed by atoms with Crippen LogP contribution in [0.15, 0.2) is 18.2 Å². The molecule has 2 rings (SSSR count). The molecular weight excluding hydrogens is 326 g/mol. The Kier molecular flexibility index (Phi) is 6.88. The van der Waals surface area contributed by atoms with Crippen LogP contribution in [0.5, 0.6) is 5.75 Å². The second-order valence-corrected chi connectivity index (χ2v) is 6.03. The van der Waals surface area contributed by atoms with Crippen molar-refractivity contribution in [2.24, 2.45) is 0 Å². The summed E-state index contributed by atoms with van der Waals surface area (Å²) in [6.45, 7) is 3.34. The number of carbonyl (C=O) groups excluding carboxylic acids is 2. The molecule has 0 atom stereocenters. The molecule has 0 bridgehead atoms. The number of nitrogens with zero attached hydrogens (tertiary/aromatic N) is 2. The number of ether oxygens (including phenoxy) is 1. The number of benzene rings is 1. The molecule has 1 heterocycles. The summed E-state index contributed by atoms with van der Waals surface area (Å²) < 4.78 is 5.50. The summed E-state index contributed by atoms with van der Waals surface area (Å²) >= 11 is 0. The van der Waals surface area contributed by atoms with E-state index in [1.807, 2.05) is 5.01 Å². The fourth-order valence-corrected chi connectivity index (χ4v) is 2.71. The molecular formula is C17H23N3O5. The predicted octanol–water partition coefficient (Wildman–Crippen LogP) is 2.47. The number of rotatable bonds is 8. The minimum absolute atomic E-state index is 0.0188. The third-order valence-corrected chi connectivity index (χ3v) is 4.00. The number of nitrogens with one attached hydrogen (secondary N) is 1. The van der Waals surface area contributed by atoms with Crippen LogP contribution in [0.4, 0.5) is 5.69 Å². The number of hydrogen-bond donors (Lipinski definition) is 1. The van der Waals surface area contributed by atoms with Crippen LogP contribution in [0.3, 0.4) is 0 Å². The Balaban J connectivity index is 1.77. The van der Waals surface area contributed by atoms with Crippen LogP contribution in [0.1, 0.15) is 49.4 Å². The molecule has 0 spiro atoms. The number of carbonyl (C=O) groups is 2. The van der Waals surface area contributed by atoms with E-state index < -0.39 is 10.7 Å². The Labute approximate surface area is 146 Å². The van der Waals surface area contributed by atoms with E-state index in [9.17, 15) is 19.7 Å². The molecule has 8 nitrogen and oxygen atoms in total. The van der Waals surface area contributed by atoms with Crippen LogP contribution in [0, 0.1) is 10.1 Å². The second kappa shape index (κ2) is 9.12. The minimum Gasteiger partial charge on any atom is -0.494 e. The number of Topliss-reactive ketones (excluding diaryl/α,β-unsaturated/α-hetero) is 1. The Morgan fingerprint density at radius 1 is 1.28 bits per heavy atom. The molecule has 136 valence electrons. The first-order chi connectivity index (χ1) is 12.0. The first-order valence-corrected chi connectivity index (χ1v) is 8.44. The maximum absolute atomic E-state index is 11.9. The molecule has 0 saturated carbocycles. The van der Waals surface area contributed by atoms with Crippen LogP contribution >= 0.6 is 0 Å². The molecule has 0 aliphatic carbocycles. The van der Waals surface area contributed by atoms with E-state index in [4.69, 9.17) is 4.74 Å². The summed E-state index contributed by atoms with van der Waals surface area (Å²) in [6.07, 6.45) is 4.26. The van der Waals surface area contributed by atoms with Gasteiger partial charge in [0.2, 0.25) is 5.91 Å². The predicted molar refractivity (Wildman–Crippen MR) is 91.4 cm³/mol. The largest absolute Gasteiger partial charge is 0.494 e. The zero-order valence-electron chi connectivity index (χ0n) is 14.3. The number of nitro benzene ring substituents is 1. The minimum atomic E-state index is -0.592. The van der Waals surface area contributed by atoms with Crippen molar-refractivity contribution < 1.29 is 19.2 Å². The van der Waals surface area contributed by atoms with Gasteiger partial charge in [0.1, 0.15) is 5.75 Å². The molecule has 8 heteroatoms.